The van der Waals surface area contributed by atoms with E-state index in [9.17, 15) is 9.90 Å². The van der Waals surface area contributed by atoms with Gasteiger partial charge in [0.1, 0.15) is 5.76 Å². The third kappa shape index (κ3) is 3.46. The molecule has 1 aliphatic carbocycles. The van der Waals surface area contributed by atoms with Gasteiger partial charge in [-0.25, -0.2) is 0 Å². The fourth-order valence-corrected chi connectivity index (χ4v) is 3.03. The van der Waals surface area contributed by atoms with Gasteiger partial charge in [0.2, 0.25) is 0 Å². The lowest BCUT2D eigenvalue weighted by atomic mass is 9.77. The minimum absolute atomic E-state index is 0.0512. The van der Waals surface area contributed by atoms with E-state index in [1.54, 1.807) is 0 Å². The first-order chi connectivity index (χ1) is 11.5. The number of aliphatic hydroxyl groups excluding tert-OH is 1. The van der Waals surface area contributed by atoms with Crippen molar-refractivity contribution in [1.82, 2.24) is 0 Å². The predicted molar refractivity (Wildman–Crippen MR) is 97.7 cm³/mol. The molecule has 0 saturated carbocycles. The van der Waals surface area contributed by atoms with E-state index >= 15 is 0 Å². The zero-order valence-electron chi connectivity index (χ0n) is 14.0. The van der Waals surface area contributed by atoms with Crippen LogP contribution in [0.1, 0.15) is 26.7 Å². The number of allylic oxidation sites excluding steroid dienone is 2. The van der Waals surface area contributed by atoms with Gasteiger partial charge in [0.25, 0.3) is 0 Å². The number of hydrogen-bond donors (Lipinski definition) is 1. The largest absolute Gasteiger partial charge is 0.511 e. The van der Waals surface area contributed by atoms with E-state index in [2.05, 4.69) is 4.99 Å². The molecular formula is C21H21NO2. The average Bonchev–Trinajstić information content (AvgIpc) is 2.54. The second-order valence-corrected chi connectivity index (χ2v) is 6.94. The van der Waals surface area contributed by atoms with Gasteiger partial charge in [0.05, 0.1) is 11.3 Å². The van der Waals surface area contributed by atoms with Crippen molar-refractivity contribution in [2.24, 2.45) is 10.4 Å². The van der Waals surface area contributed by atoms with Crippen molar-refractivity contribution in [3.63, 3.8) is 0 Å². The van der Waals surface area contributed by atoms with E-state index < -0.39 is 0 Å². The number of carbonyl (C=O) groups is 1. The van der Waals surface area contributed by atoms with E-state index in [1.807, 2.05) is 68.4 Å². The van der Waals surface area contributed by atoms with Gasteiger partial charge in [0, 0.05) is 24.6 Å². The average molecular weight is 319 g/mol. The minimum atomic E-state index is -0.194. The summed E-state index contributed by atoms with van der Waals surface area (Å²) in [5.74, 6) is 0.0851. The second-order valence-electron chi connectivity index (χ2n) is 6.94. The lowest BCUT2D eigenvalue weighted by Gasteiger charge is -2.28. The molecule has 0 spiro atoms. The molecule has 0 saturated heterocycles. The van der Waals surface area contributed by atoms with Crippen LogP contribution in [0.2, 0.25) is 0 Å². The van der Waals surface area contributed by atoms with Crippen LogP contribution in [-0.4, -0.2) is 17.1 Å². The maximum atomic E-state index is 12.3. The molecule has 0 radical (unpaired) electrons. The Bertz CT molecular complexity index is 817. The summed E-state index contributed by atoms with van der Waals surface area (Å²) >= 11 is 0. The zero-order valence-corrected chi connectivity index (χ0v) is 14.0. The Morgan fingerprint density at radius 1 is 1.00 bits per heavy atom. The summed E-state index contributed by atoms with van der Waals surface area (Å²) in [6.45, 7) is 3.97. The van der Waals surface area contributed by atoms with Gasteiger partial charge in [-0.05, 0) is 17.0 Å². The molecule has 3 rings (SSSR count). The van der Waals surface area contributed by atoms with Crippen LogP contribution in [0.25, 0.3) is 11.1 Å². The summed E-state index contributed by atoms with van der Waals surface area (Å²) in [5.41, 5.74) is 2.98. The number of ketones is 1. The number of Topliss-reactive ketones (excluding diaryl/α,β-unsaturated/α-hetero) is 1. The SMILES string of the molecule is CC1(C)CC(=O)C(C=Nc2ccccc2-c2ccccc2)=C(O)C1. The first-order valence-electron chi connectivity index (χ1n) is 8.10. The topological polar surface area (TPSA) is 49.7 Å². The first kappa shape index (κ1) is 16.2. The maximum Gasteiger partial charge on any atom is 0.168 e. The number of nitrogens with zero attached hydrogens (tertiary/aromatic N) is 1. The number of hydrogen-bond acceptors (Lipinski definition) is 3. The normalized spacial score (nSPS) is 17.5. The number of aliphatic hydroxyl groups is 1. The zero-order chi connectivity index (χ0) is 17.2. The molecule has 2 aromatic carbocycles. The second kappa shape index (κ2) is 6.44. The molecule has 122 valence electrons. The van der Waals surface area contributed by atoms with Crippen molar-refractivity contribution in [3.05, 3.63) is 65.9 Å². The van der Waals surface area contributed by atoms with Gasteiger partial charge < -0.3 is 5.11 Å². The first-order valence-corrected chi connectivity index (χ1v) is 8.10. The number of aliphatic imine (C=N–C) groups is 1. The Hall–Kier alpha value is -2.68. The van der Waals surface area contributed by atoms with Crippen LogP contribution in [0, 0.1) is 5.41 Å². The molecule has 1 aliphatic rings. The fraction of sp³-hybridized carbons (Fsp3) is 0.238. The van der Waals surface area contributed by atoms with Crippen LogP contribution >= 0.6 is 0 Å². The smallest absolute Gasteiger partial charge is 0.168 e. The molecule has 1 N–H and O–H groups in total. The Labute approximate surface area is 142 Å². The summed E-state index contributed by atoms with van der Waals surface area (Å²) in [5, 5.41) is 10.2. The van der Waals surface area contributed by atoms with Gasteiger partial charge in [-0.1, -0.05) is 62.4 Å². The molecule has 0 fully saturated rings. The van der Waals surface area contributed by atoms with Crippen LogP contribution in [-0.2, 0) is 4.79 Å². The van der Waals surface area contributed by atoms with Crippen LogP contribution < -0.4 is 0 Å². The highest BCUT2D eigenvalue weighted by atomic mass is 16.3. The molecule has 0 bridgehead atoms. The van der Waals surface area contributed by atoms with Gasteiger partial charge in [0.15, 0.2) is 5.78 Å². The van der Waals surface area contributed by atoms with E-state index in [4.69, 9.17) is 0 Å². The van der Waals surface area contributed by atoms with E-state index in [0.29, 0.717) is 18.4 Å². The predicted octanol–water partition coefficient (Wildman–Crippen LogP) is 5.26. The molecule has 2 aromatic rings. The summed E-state index contributed by atoms with van der Waals surface area (Å²) in [4.78, 5) is 16.8. The quantitative estimate of drug-likeness (QED) is 0.785. The fourth-order valence-electron chi connectivity index (χ4n) is 3.03. The highest BCUT2D eigenvalue weighted by Crippen LogP contribution is 2.36. The summed E-state index contributed by atoms with van der Waals surface area (Å²) in [7, 11) is 0. The molecule has 0 aliphatic heterocycles. The molecular weight excluding hydrogens is 298 g/mol. The van der Waals surface area contributed by atoms with E-state index in [1.165, 1.54) is 6.21 Å². The van der Waals surface area contributed by atoms with Crippen LogP contribution in [0.15, 0.2) is 70.9 Å². The Morgan fingerprint density at radius 2 is 1.67 bits per heavy atom. The molecule has 24 heavy (non-hydrogen) atoms. The van der Waals surface area contributed by atoms with Crippen molar-refractivity contribution in [2.75, 3.05) is 0 Å². The number of benzene rings is 2. The summed E-state index contributed by atoms with van der Waals surface area (Å²) in [6, 6.07) is 17.8. The van der Waals surface area contributed by atoms with Crippen LogP contribution in [0.5, 0.6) is 0 Å². The Kier molecular flexibility index (Phi) is 4.34. The van der Waals surface area contributed by atoms with E-state index in [-0.39, 0.29) is 17.0 Å². The maximum absolute atomic E-state index is 12.3. The van der Waals surface area contributed by atoms with Crippen molar-refractivity contribution in [3.8, 4) is 11.1 Å². The highest BCUT2D eigenvalue weighted by molar-refractivity contribution is 6.15. The third-order valence-electron chi connectivity index (χ3n) is 4.22. The minimum Gasteiger partial charge on any atom is -0.511 e. The number of para-hydroxylation sites is 1. The molecule has 0 amide bonds. The Morgan fingerprint density at radius 3 is 2.38 bits per heavy atom. The van der Waals surface area contributed by atoms with Gasteiger partial charge in [-0.15, -0.1) is 0 Å². The summed E-state index contributed by atoms with van der Waals surface area (Å²) in [6.07, 6.45) is 2.44. The lowest BCUT2D eigenvalue weighted by molar-refractivity contribution is -0.117. The lowest BCUT2D eigenvalue weighted by Crippen LogP contribution is -2.26. The third-order valence-corrected chi connectivity index (χ3v) is 4.22. The number of carbonyl (C=O) groups excluding carboxylic acids is 1. The molecule has 0 heterocycles. The van der Waals surface area contributed by atoms with Crippen LogP contribution in [0.4, 0.5) is 5.69 Å². The molecule has 0 aromatic heterocycles. The van der Waals surface area contributed by atoms with E-state index in [0.717, 1.165) is 16.8 Å². The molecule has 3 nitrogen and oxygen atoms in total. The Balaban J connectivity index is 1.95. The molecule has 3 heteroatoms. The van der Waals surface area contributed by atoms with Crippen molar-refractivity contribution in [2.45, 2.75) is 26.7 Å². The monoisotopic (exact) mass is 319 g/mol. The molecule has 0 unspecified atom stereocenters. The van der Waals surface area contributed by atoms with Crippen molar-refractivity contribution >= 4 is 17.7 Å². The van der Waals surface area contributed by atoms with Crippen molar-refractivity contribution < 1.29 is 9.90 Å². The van der Waals surface area contributed by atoms with Gasteiger partial charge >= 0.3 is 0 Å². The standard InChI is InChI=1S/C21H21NO2/c1-21(2)12-19(23)17(20(24)13-21)14-22-18-11-7-6-10-16(18)15-8-4-3-5-9-15/h3-11,14,23H,12-13H2,1-2H3. The van der Waals surface area contributed by atoms with Crippen LogP contribution in [0.3, 0.4) is 0 Å². The summed E-state index contributed by atoms with van der Waals surface area (Å²) < 4.78 is 0. The van der Waals surface area contributed by atoms with Gasteiger partial charge in [-0.2, -0.15) is 0 Å². The molecule has 0 atom stereocenters. The highest BCUT2D eigenvalue weighted by Gasteiger charge is 2.32. The van der Waals surface area contributed by atoms with Gasteiger partial charge in [-0.3, -0.25) is 9.79 Å². The number of rotatable bonds is 3. The van der Waals surface area contributed by atoms with Crippen molar-refractivity contribution in [1.29, 1.82) is 0 Å².